The molecule has 12 heteroatoms. The van der Waals surface area contributed by atoms with Gasteiger partial charge in [0.2, 0.25) is 10.0 Å². The van der Waals surface area contributed by atoms with E-state index in [0.29, 0.717) is 38.5 Å². The van der Waals surface area contributed by atoms with Crippen molar-refractivity contribution in [2.45, 2.75) is 45.3 Å². The van der Waals surface area contributed by atoms with Gasteiger partial charge in [0, 0.05) is 37.7 Å². The summed E-state index contributed by atoms with van der Waals surface area (Å²) >= 11 is 0. The molecule has 3 aliphatic heterocycles. The smallest absolute Gasteiger partial charge is 0.256 e. The largest absolute Gasteiger partial charge is 0.378 e. The van der Waals surface area contributed by atoms with E-state index in [0.717, 1.165) is 79.0 Å². The fraction of sp³-hybridized carbons (Fsp3) is 0.519. The van der Waals surface area contributed by atoms with Gasteiger partial charge in [-0.1, -0.05) is 11.6 Å². The number of rotatable bonds is 5. The van der Waals surface area contributed by atoms with Gasteiger partial charge in [-0.3, -0.25) is 9.52 Å². The Balaban J connectivity index is 1.41. The highest BCUT2D eigenvalue weighted by Crippen LogP contribution is 2.35. The van der Waals surface area contributed by atoms with Crippen molar-refractivity contribution < 1.29 is 22.7 Å². The van der Waals surface area contributed by atoms with Crippen molar-refractivity contribution in [2.75, 3.05) is 55.3 Å². The molecule has 1 aromatic carbocycles. The summed E-state index contributed by atoms with van der Waals surface area (Å²) < 4.78 is 39.9. The Morgan fingerprint density at radius 3 is 2.69 bits per heavy atom. The van der Waals surface area contributed by atoms with Crippen molar-refractivity contribution >= 4 is 33.1 Å². The number of nitrogens with one attached hydrogen (secondary N) is 1. The molecule has 3 aliphatic rings. The Labute approximate surface area is 228 Å². The summed E-state index contributed by atoms with van der Waals surface area (Å²) in [7, 11) is -3.55. The summed E-state index contributed by atoms with van der Waals surface area (Å²) in [6.07, 6.45) is 4.45. The van der Waals surface area contributed by atoms with Crippen LogP contribution < -0.4 is 9.62 Å². The van der Waals surface area contributed by atoms with Crippen LogP contribution >= 0.6 is 0 Å². The van der Waals surface area contributed by atoms with E-state index in [-0.39, 0.29) is 17.6 Å². The van der Waals surface area contributed by atoms with Crippen molar-refractivity contribution in [3.8, 4) is 0 Å². The topological polar surface area (TPSA) is 118 Å². The Bertz CT molecular complexity index is 1510. The predicted molar refractivity (Wildman–Crippen MR) is 147 cm³/mol. The number of aryl methyl sites for hydroxylation is 1. The summed E-state index contributed by atoms with van der Waals surface area (Å²) in [6.45, 7) is 6.43. The highest BCUT2D eigenvalue weighted by atomic mass is 32.2. The molecule has 2 saturated heterocycles. The van der Waals surface area contributed by atoms with Crippen molar-refractivity contribution in [3.05, 3.63) is 52.3 Å². The van der Waals surface area contributed by atoms with Crippen molar-refractivity contribution in [1.29, 1.82) is 0 Å². The third-order valence-corrected chi connectivity index (χ3v) is 8.21. The third-order valence-electron chi connectivity index (χ3n) is 7.62. The maximum Gasteiger partial charge on any atom is 0.256 e. The minimum atomic E-state index is -3.55. The molecule has 3 aromatic rings. The maximum atomic E-state index is 14.0. The minimum absolute atomic E-state index is 0.208. The van der Waals surface area contributed by atoms with Crippen LogP contribution in [-0.4, -0.2) is 79.5 Å². The number of amides is 1. The van der Waals surface area contributed by atoms with Crippen LogP contribution in [0.4, 0.5) is 11.5 Å². The molecule has 1 atom stereocenters. The SMILES string of the molecule is Cc1ccc(NS(C)(=O)=O)c(C(=O)N2CCCCC2c2cc3nc4c(c(N5CCOCC5)n3n2)COCC4)c1. The summed E-state index contributed by atoms with van der Waals surface area (Å²) in [4.78, 5) is 23.1. The Morgan fingerprint density at radius 1 is 1.08 bits per heavy atom. The molecule has 208 valence electrons. The number of nitrogens with zero attached hydrogens (tertiary/aromatic N) is 5. The van der Waals surface area contributed by atoms with Gasteiger partial charge >= 0.3 is 0 Å². The Hall–Kier alpha value is -3.22. The molecule has 1 unspecified atom stereocenters. The van der Waals surface area contributed by atoms with E-state index in [1.807, 2.05) is 22.4 Å². The molecule has 0 spiro atoms. The number of fused-ring (bicyclic) bond motifs is 2. The standard InChI is InChI=1S/C27H34N6O5S/c1-18-6-7-22(30-39(2,35)36)19(15-18)27(34)32-9-4-3-5-24(32)23-16-25-28-21-8-12-38-17-20(21)26(33(25)29-23)31-10-13-37-14-11-31/h6-7,15-16,24,30H,3-5,8-14,17H2,1-2H3. The second-order valence-corrected chi connectivity index (χ2v) is 12.3. The molecule has 0 aliphatic carbocycles. The highest BCUT2D eigenvalue weighted by Gasteiger charge is 2.33. The second kappa shape index (κ2) is 10.4. The average Bonchev–Trinajstić information content (AvgIpc) is 3.35. The van der Waals surface area contributed by atoms with Gasteiger partial charge in [-0.05, 0) is 38.3 Å². The van der Waals surface area contributed by atoms with E-state index < -0.39 is 10.0 Å². The number of likely N-dealkylation sites (tertiary alicyclic amines) is 1. The van der Waals surface area contributed by atoms with Crippen LogP contribution in [0.25, 0.3) is 5.65 Å². The summed E-state index contributed by atoms with van der Waals surface area (Å²) in [5.74, 6) is 0.789. The van der Waals surface area contributed by atoms with Gasteiger partial charge in [0.05, 0.1) is 61.4 Å². The van der Waals surface area contributed by atoms with Crippen LogP contribution in [0.3, 0.4) is 0 Å². The van der Waals surface area contributed by atoms with Crippen molar-refractivity contribution in [2.24, 2.45) is 0 Å². The number of benzene rings is 1. The van der Waals surface area contributed by atoms with Crippen LogP contribution in [0.2, 0.25) is 0 Å². The second-order valence-electron chi connectivity index (χ2n) is 10.5. The first-order valence-electron chi connectivity index (χ1n) is 13.5. The molecule has 11 nitrogen and oxygen atoms in total. The van der Waals surface area contributed by atoms with E-state index in [2.05, 4.69) is 9.62 Å². The summed E-state index contributed by atoms with van der Waals surface area (Å²) in [5, 5.41) is 5.06. The van der Waals surface area contributed by atoms with E-state index in [9.17, 15) is 13.2 Å². The highest BCUT2D eigenvalue weighted by molar-refractivity contribution is 7.92. The summed E-state index contributed by atoms with van der Waals surface area (Å²) in [6, 6.07) is 6.95. The number of carbonyl (C=O) groups excluding carboxylic acids is 1. The summed E-state index contributed by atoms with van der Waals surface area (Å²) in [5.41, 5.74) is 5.17. The number of sulfonamides is 1. The van der Waals surface area contributed by atoms with Crippen LogP contribution in [0.15, 0.2) is 24.3 Å². The molecule has 0 saturated carbocycles. The third kappa shape index (κ3) is 5.20. The van der Waals surface area contributed by atoms with Crippen LogP contribution in [0, 0.1) is 6.92 Å². The molecule has 2 aromatic heterocycles. The number of hydrogen-bond acceptors (Lipinski definition) is 8. The maximum absolute atomic E-state index is 14.0. The van der Waals surface area contributed by atoms with Crippen LogP contribution in [-0.2, 0) is 32.5 Å². The van der Waals surface area contributed by atoms with Crippen LogP contribution in [0.5, 0.6) is 0 Å². The first kappa shape index (κ1) is 26.0. The molecule has 1 N–H and O–H groups in total. The van der Waals surface area contributed by atoms with Gasteiger partial charge in [0.25, 0.3) is 5.91 Å². The lowest BCUT2D eigenvalue weighted by Gasteiger charge is -2.35. The number of piperidine rings is 1. The molecule has 39 heavy (non-hydrogen) atoms. The molecule has 2 fully saturated rings. The number of aromatic nitrogens is 3. The monoisotopic (exact) mass is 554 g/mol. The quantitative estimate of drug-likeness (QED) is 0.512. The van der Waals surface area contributed by atoms with Gasteiger partial charge in [-0.15, -0.1) is 0 Å². The van der Waals surface area contributed by atoms with Gasteiger partial charge in [0.1, 0.15) is 5.82 Å². The Kier molecular flexibility index (Phi) is 6.94. The molecule has 5 heterocycles. The van der Waals surface area contributed by atoms with Gasteiger partial charge in [-0.2, -0.15) is 9.61 Å². The predicted octanol–water partition coefficient (Wildman–Crippen LogP) is 2.69. The number of morpholine rings is 1. The first-order chi connectivity index (χ1) is 18.8. The number of ether oxygens (including phenoxy) is 2. The van der Waals surface area contributed by atoms with Crippen molar-refractivity contribution in [1.82, 2.24) is 19.5 Å². The fourth-order valence-corrected chi connectivity index (χ4v) is 6.39. The average molecular weight is 555 g/mol. The lowest BCUT2D eigenvalue weighted by atomic mass is 9.97. The zero-order valence-corrected chi connectivity index (χ0v) is 23.2. The lowest BCUT2D eigenvalue weighted by Crippen LogP contribution is -2.39. The molecular weight excluding hydrogens is 520 g/mol. The van der Waals surface area contributed by atoms with E-state index in [1.54, 1.807) is 18.2 Å². The van der Waals surface area contributed by atoms with E-state index in [4.69, 9.17) is 19.6 Å². The van der Waals surface area contributed by atoms with Crippen molar-refractivity contribution in [3.63, 3.8) is 0 Å². The van der Waals surface area contributed by atoms with Gasteiger partial charge in [0.15, 0.2) is 5.65 Å². The number of anilines is 2. The van der Waals surface area contributed by atoms with Gasteiger partial charge < -0.3 is 19.3 Å². The fourth-order valence-electron chi connectivity index (χ4n) is 5.81. The van der Waals surface area contributed by atoms with E-state index in [1.165, 1.54) is 0 Å². The molecule has 1 amide bonds. The molecular formula is C27H34N6O5S. The van der Waals surface area contributed by atoms with Gasteiger partial charge in [-0.25, -0.2) is 13.4 Å². The molecule has 0 radical (unpaired) electrons. The zero-order chi connectivity index (χ0) is 27.1. The molecule has 0 bridgehead atoms. The number of carbonyl (C=O) groups is 1. The zero-order valence-electron chi connectivity index (χ0n) is 22.4. The normalized spacial score (nSPS) is 20.2. The lowest BCUT2D eigenvalue weighted by molar-refractivity contribution is 0.0606. The first-order valence-corrected chi connectivity index (χ1v) is 15.4. The Morgan fingerprint density at radius 2 is 1.90 bits per heavy atom. The minimum Gasteiger partial charge on any atom is -0.378 e. The van der Waals surface area contributed by atoms with E-state index >= 15 is 0 Å². The molecule has 6 rings (SSSR count). The van der Waals surface area contributed by atoms with Crippen LogP contribution in [0.1, 0.15) is 58.2 Å². The number of hydrogen-bond donors (Lipinski definition) is 1.